The molecule has 570 valence electrons. The molecule has 0 aliphatic heterocycles. The number of hydrogen-bond donors (Lipinski definition) is 0. The van der Waals surface area contributed by atoms with Crippen molar-refractivity contribution in [1.82, 2.24) is 0 Å². The average molecular weight is 1410 g/mol. The van der Waals surface area contributed by atoms with Crippen molar-refractivity contribution < 1.29 is 52.1 Å². The number of hydrogen-bond acceptors (Lipinski definition) is 11. The van der Waals surface area contributed by atoms with Gasteiger partial charge in [0.2, 0.25) is 0 Å². The van der Waals surface area contributed by atoms with E-state index in [0.29, 0.717) is 54.1 Å². The van der Waals surface area contributed by atoms with Gasteiger partial charge in [0.25, 0.3) is 0 Å². The molecule has 102 heavy (non-hydrogen) atoms. The molecule has 0 spiro atoms. The third kappa shape index (κ3) is 26.0. The molecule has 11 nitrogen and oxygen atoms in total. The summed E-state index contributed by atoms with van der Waals surface area (Å²) in [6.07, 6.45) is 21.6. The lowest BCUT2D eigenvalue weighted by atomic mass is 9.50. The van der Waals surface area contributed by atoms with Gasteiger partial charge in [0.1, 0.15) is 23.0 Å². The molecule has 11 heteroatoms. The molecule has 0 radical (unpaired) electrons. The summed E-state index contributed by atoms with van der Waals surface area (Å²) in [7, 11) is 1.66. The highest BCUT2D eigenvalue weighted by Crippen LogP contribution is 2.60. The van der Waals surface area contributed by atoms with Crippen LogP contribution in [0.25, 0.3) is 0 Å². The van der Waals surface area contributed by atoms with Crippen LogP contribution in [0.2, 0.25) is 0 Å². The van der Waals surface area contributed by atoms with Crippen LogP contribution in [0.3, 0.4) is 0 Å². The van der Waals surface area contributed by atoms with Crippen LogP contribution in [0, 0.1) is 53.8 Å². The normalized spacial score (nSPS) is 24.8. The van der Waals surface area contributed by atoms with Gasteiger partial charge in [0, 0.05) is 13.2 Å². The van der Waals surface area contributed by atoms with Crippen molar-refractivity contribution in [1.29, 1.82) is 0 Å². The largest absolute Gasteiger partial charge is 0.493 e. The molecule has 10 unspecified atom stereocenters. The van der Waals surface area contributed by atoms with Crippen LogP contribution >= 0.6 is 0 Å². The van der Waals surface area contributed by atoms with Gasteiger partial charge >= 0.3 is 0 Å². The second kappa shape index (κ2) is 41.6. The summed E-state index contributed by atoms with van der Waals surface area (Å²) >= 11 is 0. The molecular weight excluding hydrogens is 1270 g/mol. The van der Waals surface area contributed by atoms with Gasteiger partial charge in [-0.1, -0.05) is 138 Å². The summed E-state index contributed by atoms with van der Waals surface area (Å²) in [5.41, 5.74) is 8.54. The van der Waals surface area contributed by atoms with E-state index in [1.165, 1.54) is 123 Å². The van der Waals surface area contributed by atoms with Gasteiger partial charge in [-0.05, 0) is 329 Å². The Kier molecular flexibility index (Phi) is 34.2. The molecule has 10 atom stereocenters. The molecular formula is C91H140O11. The molecule has 5 aromatic rings. The molecule has 0 saturated heterocycles. The van der Waals surface area contributed by atoms with Gasteiger partial charge < -0.3 is 52.1 Å². The van der Waals surface area contributed by atoms with E-state index >= 15 is 0 Å². The molecule has 0 heterocycles. The van der Waals surface area contributed by atoms with Gasteiger partial charge in [-0.15, -0.1) is 0 Å². The maximum Gasteiger partial charge on any atom is 0.197 e. The fourth-order valence-electron chi connectivity index (χ4n) is 17.2. The predicted octanol–water partition coefficient (Wildman–Crippen LogP) is 24.9. The van der Waals surface area contributed by atoms with Crippen LogP contribution in [-0.2, 0) is 23.7 Å². The second-order valence-corrected chi connectivity index (χ2v) is 32.2. The van der Waals surface area contributed by atoms with Crippen molar-refractivity contribution in [2.24, 2.45) is 46.8 Å². The molecule has 8 saturated carbocycles. The van der Waals surface area contributed by atoms with Crippen LogP contribution in [0.4, 0.5) is 0 Å². The minimum Gasteiger partial charge on any atom is -0.493 e. The van der Waals surface area contributed by atoms with Crippen molar-refractivity contribution in [3.05, 3.63) is 143 Å². The zero-order valence-electron chi connectivity index (χ0n) is 67.5. The lowest BCUT2D eigenvalue weighted by Gasteiger charge is -2.56. The molecule has 8 aliphatic carbocycles. The Labute approximate surface area is 620 Å². The summed E-state index contributed by atoms with van der Waals surface area (Å²) in [4.78, 5) is 0. The molecule has 8 fully saturated rings. The Balaban J connectivity index is 0.000000181. The first-order valence-electron chi connectivity index (χ1n) is 40.4. The van der Waals surface area contributed by atoms with E-state index in [1.54, 1.807) is 7.11 Å². The van der Waals surface area contributed by atoms with E-state index in [-0.39, 0.29) is 37.1 Å². The zero-order chi connectivity index (χ0) is 74.1. The average Bonchev–Trinajstić information content (AvgIpc) is 0.757. The molecule has 0 aromatic heterocycles. The van der Waals surface area contributed by atoms with Crippen molar-refractivity contribution in [3.8, 4) is 34.5 Å². The smallest absolute Gasteiger partial charge is 0.197 e. The Bertz CT molecular complexity index is 3070. The van der Waals surface area contributed by atoms with Gasteiger partial charge in [-0.2, -0.15) is 0 Å². The van der Waals surface area contributed by atoms with Crippen LogP contribution < -0.4 is 28.4 Å². The van der Waals surface area contributed by atoms with Crippen LogP contribution in [-0.4, -0.2) is 70.6 Å². The van der Waals surface area contributed by atoms with E-state index in [9.17, 15) is 0 Å². The number of methoxy groups -OCH3 is 1. The van der Waals surface area contributed by atoms with E-state index in [2.05, 4.69) is 176 Å². The maximum atomic E-state index is 6.53. The van der Waals surface area contributed by atoms with E-state index in [4.69, 9.17) is 52.1 Å². The van der Waals surface area contributed by atoms with Crippen LogP contribution in [0.15, 0.2) is 109 Å². The predicted molar refractivity (Wildman–Crippen MR) is 420 cm³/mol. The Morgan fingerprint density at radius 3 is 1.03 bits per heavy atom. The zero-order valence-corrected chi connectivity index (χ0v) is 67.5. The topological polar surface area (TPSA) is 102 Å². The molecule has 8 aliphatic rings. The fraction of sp³-hybridized carbons (Fsp3) is 0.670. The van der Waals surface area contributed by atoms with Gasteiger partial charge in [-0.25, -0.2) is 0 Å². The quantitative estimate of drug-likeness (QED) is 0.0375. The Morgan fingerprint density at radius 1 is 0.343 bits per heavy atom. The third-order valence-electron chi connectivity index (χ3n) is 23.1. The molecule has 8 bridgehead atoms. The monoisotopic (exact) mass is 1410 g/mol. The lowest BCUT2D eigenvalue weighted by molar-refractivity contribution is -0.225. The number of benzene rings is 5. The van der Waals surface area contributed by atoms with Gasteiger partial charge in [-0.3, -0.25) is 0 Å². The molecule has 0 N–H and O–H groups in total. The van der Waals surface area contributed by atoms with Crippen molar-refractivity contribution in [2.45, 2.75) is 314 Å². The summed E-state index contributed by atoms with van der Waals surface area (Å²) in [6, 6.07) is 38.0. The lowest BCUT2D eigenvalue weighted by Crippen LogP contribution is -2.53. The summed E-state index contributed by atoms with van der Waals surface area (Å²) in [5, 5.41) is 0. The molecule has 13 rings (SSSR count). The minimum atomic E-state index is -0.265. The summed E-state index contributed by atoms with van der Waals surface area (Å²) in [6.45, 7) is 45.3. The number of aryl methyl sites for hydroxylation is 1. The van der Waals surface area contributed by atoms with Crippen molar-refractivity contribution >= 4 is 0 Å². The molecule has 0 amide bonds. The fourth-order valence-corrected chi connectivity index (χ4v) is 17.2. The Hall–Kier alpha value is -5.30. The van der Waals surface area contributed by atoms with Gasteiger partial charge in [0.05, 0.1) is 25.9 Å². The first kappa shape index (κ1) is 84.0. The summed E-state index contributed by atoms with van der Waals surface area (Å²) < 4.78 is 63.7. The third-order valence-corrected chi connectivity index (χ3v) is 23.1. The van der Waals surface area contributed by atoms with E-state index in [1.807, 2.05) is 71.9 Å². The van der Waals surface area contributed by atoms with Crippen molar-refractivity contribution in [3.63, 3.8) is 0 Å². The highest BCUT2D eigenvalue weighted by atomic mass is 16.7. The summed E-state index contributed by atoms with van der Waals surface area (Å²) in [5.74, 6) is 14.3. The highest BCUT2D eigenvalue weighted by molar-refractivity contribution is 5.44. The van der Waals surface area contributed by atoms with Crippen LogP contribution in [0.1, 0.15) is 304 Å². The standard InChI is InChI=1S/C23H34O2.C22H32O2.C16H26O2.C15H24O3.C15H24O2/c1-4-16(2)21-5-7-22(8-6-21)25-17(3)24-15-23-12-18-9-19(13-23)11-20(10-18)14-23;1-4-15(2)20-5-7-21(8-6-20)23-16(3)24-22-12-17-9-18(13-22)11-19(10-17)14-22;1-6-13(4)15-7-9-16(10-8-15)18-14(5)17-11-12(2)3;1-6-11(3)13-8-9-14(15(10-13)16-5)18-12(4)17-7-2;1-6-11(3)14-8-9-15(12(4)10-14)17-13(5)16-7-2/h5-8,16-20H,4,9-15H2,1-3H3;5-8,15-19H,4,9-14H2,1-3H3;7-10,12-14H,6,11H2,1-5H3;8-12H,6-7H2,1-5H3;8-11,13H,6-7H2,1-5H3. The van der Waals surface area contributed by atoms with Crippen LogP contribution in [0.5, 0.6) is 34.5 Å². The number of ether oxygens (including phenoxy) is 11. The van der Waals surface area contributed by atoms with E-state index < -0.39 is 0 Å². The Morgan fingerprint density at radius 2 is 0.667 bits per heavy atom. The molecule has 5 aromatic carbocycles. The SMILES string of the molecule is CCC(C)c1ccc(OC(C)OC23CC4CC(CC(C4)C2)C3)cc1.CCC(C)c1ccc(OC(C)OCC(C)C)cc1.CCC(C)c1ccc(OC(C)OCC23CC4CC(CC(C4)C2)C3)cc1.CCOC(C)Oc1ccc(C(C)CC)cc1C.CCOC(C)Oc1ccc(C(C)CC)cc1OC. The minimum absolute atomic E-state index is 0.116. The first-order valence-corrected chi connectivity index (χ1v) is 40.4. The maximum absolute atomic E-state index is 6.53. The first-order chi connectivity index (χ1) is 48.8. The van der Waals surface area contributed by atoms with Crippen molar-refractivity contribution in [2.75, 3.05) is 33.5 Å². The van der Waals surface area contributed by atoms with Gasteiger partial charge in [0.15, 0.2) is 42.9 Å². The highest BCUT2D eigenvalue weighted by Gasteiger charge is 2.53. The van der Waals surface area contributed by atoms with E-state index in [0.717, 1.165) is 102 Å². The second-order valence-electron chi connectivity index (χ2n) is 32.2. The number of rotatable bonds is 33.